The molecule has 0 saturated carbocycles. The van der Waals surface area contributed by atoms with E-state index in [0.717, 1.165) is 28.0 Å². The lowest BCUT2D eigenvalue weighted by molar-refractivity contribution is 0.101. The van der Waals surface area contributed by atoms with Crippen molar-refractivity contribution < 1.29 is 19.0 Å². The van der Waals surface area contributed by atoms with Crippen LogP contribution in [0, 0.1) is 13.8 Å². The Morgan fingerprint density at radius 2 is 1.72 bits per heavy atom. The van der Waals surface area contributed by atoms with Crippen LogP contribution in [0.2, 0.25) is 0 Å². The predicted molar refractivity (Wildman–Crippen MR) is 113 cm³/mol. The van der Waals surface area contributed by atoms with Crippen LogP contribution in [0.3, 0.4) is 0 Å². The zero-order valence-corrected chi connectivity index (χ0v) is 16.7. The number of carbonyl (C=O) groups is 1. The topological polar surface area (TPSA) is 44.8 Å². The summed E-state index contributed by atoms with van der Waals surface area (Å²) >= 11 is 0. The van der Waals surface area contributed by atoms with E-state index in [0.29, 0.717) is 29.4 Å². The van der Waals surface area contributed by atoms with Crippen LogP contribution < -0.4 is 14.2 Å². The van der Waals surface area contributed by atoms with Gasteiger partial charge in [0.25, 0.3) is 0 Å². The van der Waals surface area contributed by atoms with Crippen LogP contribution in [0.1, 0.15) is 32.6 Å². The number of rotatable bonds is 5. The van der Waals surface area contributed by atoms with Crippen LogP contribution in [0.5, 0.6) is 17.2 Å². The second-order valence-corrected chi connectivity index (χ2v) is 7.01. The molecule has 0 atom stereocenters. The van der Waals surface area contributed by atoms with Crippen molar-refractivity contribution in [2.24, 2.45) is 0 Å². The first kappa shape index (κ1) is 18.8. The highest BCUT2D eigenvalue weighted by atomic mass is 16.5. The number of allylic oxidation sites excluding steroid dienone is 1. The molecule has 0 N–H and O–H groups in total. The Balaban J connectivity index is 1.59. The van der Waals surface area contributed by atoms with E-state index < -0.39 is 0 Å². The summed E-state index contributed by atoms with van der Waals surface area (Å²) in [5.74, 6) is 2.19. The number of Topliss-reactive ketones (excluding diaryl/α,β-unsaturated/α-hetero) is 1. The number of para-hydroxylation sites is 1. The number of ether oxygens (including phenoxy) is 3. The minimum atomic E-state index is -0.1000. The zero-order chi connectivity index (χ0) is 20.4. The Kier molecular flexibility index (Phi) is 5.09. The van der Waals surface area contributed by atoms with Crippen LogP contribution in [0.25, 0.3) is 6.08 Å². The van der Waals surface area contributed by atoms with Crippen molar-refractivity contribution in [1.82, 2.24) is 0 Å². The third-order valence-corrected chi connectivity index (χ3v) is 5.01. The fraction of sp³-hybridized carbons (Fsp3) is 0.160. The predicted octanol–water partition coefficient (Wildman–Crippen LogP) is 5.51. The van der Waals surface area contributed by atoms with Gasteiger partial charge in [-0.2, -0.15) is 0 Å². The SMILES string of the molecule is COc1ccccc1COc1cc(C)c2c(c1)O/C(=C\c1ccccc1C)C2=O. The van der Waals surface area contributed by atoms with Crippen LogP contribution in [0.15, 0.2) is 66.4 Å². The quantitative estimate of drug-likeness (QED) is 0.543. The van der Waals surface area contributed by atoms with Gasteiger partial charge in [0.1, 0.15) is 23.9 Å². The largest absolute Gasteiger partial charge is 0.496 e. The number of ketones is 1. The highest BCUT2D eigenvalue weighted by Crippen LogP contribution is 2.38. The molecule has 4 rings (SSSR count). The van der Waals surface area contributed by atoms with Gasteiger partial charge in [0.15, 0.2) is 5.76 Å². The first-order valence-electron chi connectivity index (χ1n) is 9.46. The summed E-state index contributed by atoms with van der Waals surface area (Å²) in [6, 6.07) is 19.3. The van der Waals surface area contributed by atoms with Gasteiger partial charge in [0, 0.05) is 11.6 Å². The third-order valence-electron chi connectivity index (χ3n) is 5.01. The highest BCUT2D eigenvalue weighted by molar-refractivity contribution is 6.15. The van der Waals surface area contributed by atoms with E-state index in [1.807, 2.05) is 68.4 Å². The first-order valence-corrected chi connectivity index (χ1v) is 9.46. The van der Waals surface area contributed by atoms with Crippen molar-refractivity contribution >= 4 is 11.9 Å². The molecule has 1 heterocycles. The maximum absolute atomic E-state index is 12.9. The molecule has 3 aromatic carbocycles. The van der Waals surface area contributed by atoms with E-state index >= 15 is 0 Å². The maximum Gasteiger partial charge on any atom is 0.232 e. The van der Waals surface area contributed by atoms with Crippen molar-refractivity contribution in [2.45, 2.75) is 20.5 Å². The van der Waals surface area contributed by atoms with E-state index in [4.69, 9.17) is 14.2 Å². The summed E-state index contributed by atoms with van der Waals surface area (Å²) in [6.45, 7) is 4.27. The summed E-state index contributed by atoms with van der Waals surface area (Å²) in [5.41, 5.74) is 4.43. The summed E-state index contributed by atoms with van der Waals surface area (Å²) in [5, 5.41) is 0. The molecular weight excluding hydrogens is 364 g/mol. The van der Waals surface area contributed by atoms with Crippen molar-refractivity contribution in [3.05, 3.63) is 94.2 Å². The Morgan fingerprint density at radius 3 is 2.52 bits per heavy atom. The fourth-order valence-electron chi connectivity index (χ4n) is 3.43. The fourth-order valence-corrected chi connectivity index (χ4v) is 3.43. The Hall–Kier alpha value is -3.53. The molecule has 1 aliphatic heterocycles. The van der Waals surface area contributed by atoms with Gasteiger partial charge in [0.05, 0.1) is 12.7 Å². The molecule has 146 valence electrons. The van der Waals surface area contributed by atoms with Crippen molar-refractivity contribution in [2.75, 3.05) is 7.11 Å². The molecular formula is C25H22O4. The molecule has 0 fully saturated rings. The molecule has 29 heavy (non-hydrogen) atoms. The minimum absolute atomic E-state index is 0.1000. The molecule has 4 nitrogen and oxygen atoms in total. The van der Waals surface area contributed by atoms with Crippen molar-refractivity contribution in [3.63, 3.8) is 0 Å². The highest BCUT2D eigenvalue weighted by Gasteiger charge is 2.30. The van der Waals surface area contributed by atoms with Crippen LogP contribution in [0.4, 0.5) is 0 Å². The average Bonchev–Trinajstić information content (AvgIpc) is 3.04. The van der Waals surface area contributed by atoms with Gasteiger partial charge in [0.2, 0.25) is 5.78 Å². The lowest BCUT2D eigenvalue weighted by Gasteiger charge is -2.11. The van der Waals surface area contributed by atoms with Gasteiger partial charge >= 0.3 is 0 Å². The van der Waals surface area contributed by atoms with Gasteiger partial charge < -0.3 is 14.2 Å². The molecule has 0 bridgehead atoms. The monoisotopic (exact) mass is 386 g/mol. The summed E-state index contributed by atoms with van der Waals surface area (Å²) in [4.78, 5) is 12.9. The summed E-state index contributed by atoms with van der Waals surface area (Å²) < 4.78 is 17.2. The van der Waals surface area contributed by atoms with Gasteiger partial charge in [-0.15, -0.1) is 0 Å². The zero-order valence-electron chi connectivity index (χ0n) is 16.7. The maximum atomic E-state index is 12.9. The van der Waals surface area contributed by atoms with Crippen molar-refractivity contribution in [1.29, 1.82) is 0 Å². The van der Waals surface area contributed by atoms with Gasteiger partial charge in [-0.1, -0.05) is 42.5 Å². The van der Waals surface area contributed by atoms with Crippen LogP contribution in [-0.4, -0.2) is 12.9 Å². The van der Waals surface area contributed by atoms with Crippen molar-refractivity contribution in [3.8, 4) is 17.2 Å². The van der Waals surface area contributed by atoms with Gasteiger partial charge in [-0.25, -0.2) is 0 Å². The second kappa shape index (κ2) is 7.84. The molecule has 1 aliphatic rings. The second-order valence-electron chi connectivity index (χ2n) is 7.01. The number of hydrogen-bond acceptors (Lipinski definition) is 4. The number of carbonyl (C=O) groups excluding carboxylic acids is 1. The molecule has 0 aliphatic carbocycles. The Bertz CT molecular complexity index is 1110. The molecule has 4 heteroatoms. The number of benzene rings is 3. The molecule has 0 unspecified atom stereocenters. The van der Waals surface area contributed by atoms with E-state index in [2.05, 4.69) is 0 Å². The standard InChI is InChI=1S/C25H22O4/c1-16-8-4-5-9-18(16)13-23-25(26)24-17(2)12-20(14-22(24)29-23)28-15-19-10-6-7-11-21(19)27-3/h4-14H,15H2,1-3H3/b23-13-. The number of aryl methyl sites for hydroxylation is 2. The Labute approximate surface area is 170 Å². The molecule has 0 spiro atoms. The number of hydrogen-bond donors (Lipinski definition) is 0. The molecule has 0 amide bonds. The minimum Gasteiger partial charge on any atom is -0.496 e. The first-order chi connectivity index (χ1) is 14.1. The molecule has 0 radical (unpaired) electrons. The van der Waals surface area contributed by atoms with E-state index in [1.54, 1.807) is 19.3 Å². The van der Waals surface area contributed by atoms with Crippen LogP contribution >= 0.6 is 0 Å². The number of fused-ring (bicyclic) bond motifs is 1. The number of methoxy groups -OCH3 is 1. The van der Waals surface area contributed by atoms with Gasteiger partial charge in [-0.3, -0.25) is 4.79 Å². The summed E-state index contributed by atoms with van der Waals surface area (Å²) in [7, 11) is 1.64. The molecule has 3 aromatic rings. The Morgan fingerprint density at radius 1 is 0.966 bits per heavy atom. The lowest BCUT2D eigenvalue weighted by atomic mass is 10.0. The summed E-state index contributed by atoms with van der Waals surface area (Å²) in [6.07, 6.45) is 1.80. The van der Waals surface area contributed by atoms with E-state index in [1.165, 1.54) is 0 Å². The lowest BCUT2D eigenvalue weighted by Crippen LogP contribution is -2.01. The van der Waals surface area contributed by atoms with E-state index in [9.17, 15) is 4.79 Å². The average molecular weight is 386 g/mol. The molecule has 0 aromatic heterocycles. The van der Waals surface area contributed by atoms with Crippen LogP contribution in [-0.2, 0) is 6.61 Å². The smallest absolute Gasteiger partial charge is 0.232 e. The van der Waals surface area contributed by atoms with Gasteiger partial charge in [-0.05, 0) is 48.7 Å². The van der Waals surface area contributed by atoms with E-state index in [-0.39, 0.29) is 5.78 Å². The third kappa shape index (κ3) is 3.74. The molecule has 0 saturated heterocycles. The normalized spacial score (nSPS) is 13.9.